The fraction of sp³-hybridized carbons (Fsp3) is 0.391. The number of para-hydroxylation sites is 1. The van der Waals surface area contributed by atoms with Crippen LogP contribution in [0.15, 0.2) is 48.5 Å². The van der Waals surface area contributed by atoms with Crippen molar-refractivity contribution in [2.24, 2.45) is 5.92 Å². The monoisotopic (exact) mass is 418 g/mol. The fourth-order valence-electron chi connectivity index (χ4n) is 2.91. The Hall–Kier alpha value is -2.96. The van der Waals surface area contributed by atoms with Crippen molar-refractivity contribution in [2.45, 2.75) is 39.8 Å². The molecule has 0 saturated carbocycles. The van der Waals surface area contributed by atoms with Crippen molar-refractivity contribution >= 4 is 11.8 Å². The van der Waals surface area contributed by atoms with E-state index in [9.17, 15) is 18.4 Å². The van der Waals surface area contributed by atoms with Gasteiger partial charge in [-0.1, -0.05) is 45.0 Å². The largest absolute Gasteiger partial charge is 0.481 e. The summed E-state index contributed by atoms with van der Waals surface area (Å²) >= 11 is 0. The Morgan fingerprint density at radius 3 is 2.33 bits per heavy atom. The van der Waals surface area contributed by atoms with Crippen molar-refractivity contribution in [3.8, 4) is 5.75 Å². The van der Waals surface area contributed by atoms with Crippen LogP contribution in [0.5, 0.6) is 5.75 Å². The van der Waals surface area contributed by atoms with Crippen LogP contribution >= 0.6 is 0 Å². The molecule has 0 aliphatic carbocycles. The van der Waals surface area contributed by atoms with Crippen molar-refractivity contribution in [3.05, 3.63) is 65.7 Å². The van der Waals surface area contributed by atoms with Crippen molar-refractivity contribution < 1.29 is 23.1 Å². The highest BCUT2D eigenvalue weighted by atomic mass is 19.1. The first-order chi connectivity index (χ1) is 14.3. The maximum atomic E-state index is 13.8. The van der Waals surface area contributed by atoms with E-state index in [1.165, 1.54) is 35.2 Å². The third-order valence-corrected chi connectivity index (χ3v) is 4.52. The average molecular weight is 418 g/mol. The lowest BCUT2D eigenvalue weighted by Crippen LogP contribution is -2.50. The second-order valence-electron chi connectivity index (χ2n) is 7.43. The van der Waals surface area contributed by atoms with Gasteiger partial charge in [0, 0.05) is 13.1 Å². The molecule has 2 aromatic carbocycles. The molecule has 2 amide bonds. The number of ether oxygens (including phenoxy) is 1. The lowest BCUT2D eigenvalue weighted by molar-refractivity contribution is -0.143. The molecule has 1 atom stereocenters. The second-order valence-corrected chi connectivity index (χ2v) is 7.43. The number of amides is 2. The number of benzene rings is 2. The van der Waals surface area contributed by atoms with E-state index < -0.39 is 24.4 Å². The van der Waals surface area contributed by atoms with Crippen molar-refractivity contribution in [3.63, 3.8) is 0 Å². The third-order valence-electron chi connectivity index (χ3n) is 4.52. The van der Waals surface area contributed by atoms with Gasteiger partial charge in [-0.2, -0.15) is 0 Å². The molecule has 2 aromatic rings. The summed E-state index contributed by atoms with van der Waals surface area (Å²) in [7, 11) is 0. The van der Waals surface area contributed by atoms with E-state index in [-0.39, 0.29) is 29.9 Å². The Labute approximate surface area is 176 Å². The molecule has 0 radical (unpaired) electrons. The summed E-state index contributed by atoms with van der Waals surface area (Å²) in [6.07, 6.45) is 0.385. The summed E-state index contributed by atoms with van der Waals surface area (Å²) in [6, 6.07) is 10.8. The molecular weight excluding hydrogens is 390 g/mol. The fourth-order valence-corrected chi connectivity index (χ4v) is 2.91. The Balaban J connectivity index is 2.19. The van der Waals surface area contributed by atoms with Gasteiger partial charge in [-0.05, 0) is 42.2 Å². The van der Waals surface area contributed by atoms with Crippen LogP contribution in [0, 0.1) is 17.6 Å². The first kappa shape index (κ1) is 23.3. The average Bonchev–Trinajstić information content (AvgIpc) is 2.72. The molecule has 2 rings (SSSR count). The van der Waals surface area contributed by atoms with E-state index >= 15 is 0 Å². The molecule has 0 heterocycles. The van der Waals surface area contributed by atoms with Crippen LogP contribution in [0.3, 0.4) is 0 Å². The highest BCUT2D eigenvalue weighted by Gasteiger charge is 2.29. The summed E-state index contributed by atoms with van der Waals surface area (Å²) in [5, 5.41) is 2.85. The zero-order valence-electron chi connectivity index (χ0n) is 17.5. The van der Waals surface area contributed by atoms with E-state index in [0.717, 1.165) is 0 Å². The van der Waals surface area contributed by atoms with Gasteiger partial charge in [0.25, 0.3) is 5.91 Å². The maximum Gasteiger partial charge on any atom is 0.261 e. The van der Waals surface area contributed by atoms with Gasteiger partial charge in [0.15, 0.2) is 18.2 Å². The molecule has 0 bridgehead atoms. The molecule has 0 aliphatic heterocycles. The van der Waals surface area contributed by atoms with Crippen LogP contribution in [0.1, 0.15) is 32.8 Å². The van der Waals surface area contributed by atoms with Gasteiger partial charge in [0.2, 0.25) is 5.91 Å². The summed E-state index contributed by atoms with van der Waals surface area (Å²) < 4.78 is 32.4. The number of halogens is 2. The molecule has 5 nitrogen and oxygen atoms in total. The Morgan fingerprint density at radius 2 is 1.73 bits per heavy atom. The van der Waals surface area contributed by atoms with E-state index in [4.69, 9.17) is 4.74 Å². The summed E-state index contributed by atoms with van der Waals surface area (Å²) in [5.41, 5.74) is 0.672. The molecule has 0 fully saturated rings. The van der Waals surface area contributed by atoms with Crippen LogP contribution < -0.4 is 10.1 Å². The quantitative estimate of drug-likeness (QED) is 0.636. The summed E-state index contributed by atoms with van der Waals surface area (Å²) in [5.74, 6) is -1.47. The highest BCUT2D eigenvalue weighted by molar-refractivity contribution is 5.88. The predicted molar refractivity (Wildman–Crippen MR) is 111 cm³/mol. The summed E-state index contributed by atoms with van der Waals surface area (Å²) in [4.78, 5) is 27.1. The van der Waals surface area contributed by atoms with Gasteiger partial charge in [-0.3, -0.25) is 9.59 Å². The van der Waals surface area contributed by atoms with Crippen molar-refractivity contribution in [1.82, 2.24) is 10.2 Å². The molecule has 0 saturated heterocycles. The Kier molecular flexibility index (Phi) is 8.77. The minimum absolute atomic E-state index is 0.0371. The number of nitrogens with one attached hydrogen (secondary N) is 1. The zero-order chi connectivity index (χ0) is 22.1. The molecule has 0 aliphatic rings. The molecule has 0 spiro atoms. The van der Waals surface area contributed by atoms with Gasteiger partial charge in [0.05, 0.1) is 0 Å². The normalized spacial score (nSPS) is 11.8. The van der Waals surface area contributed by atoms with E-state index in [0.29, 0.717) is 18.5 Å². The number of rotatable bonds is 10. The maximum absolute atomic E-state index is 13.8. The Bertz CT molecular complexity index is 841. The molecule has 162 valence electrons. The number of nitrogens with zero attached hydrogens (tertiary/aromatic N) is 1. The van der Waals surface area contributed by atoms with Gasteiger partial charge in [0.1, 0.15) is 11.9 Å². The molecule has 1 N–H and O–H groups in total. The third kappa shape index (κ3) is 6.83. The SMILES string of the molecule is CC[C@H](C(=O)NCC(C)C)N(Cc1ccc(F)cc1)C(=O)COc1ccccc1F. The standard InChI is InChI=1S/C23H28F2N2O3/c1-4-20(23(29)26-13-16(2)3)27(14-17-9-11-18(24)12-10-17)22(28)15-30-21-8-6-5-7-19(21)25/h5-12,16,20H,4,13-15H2,1-3H3,(H,26,29)/t20-/m1/s1. The highest BCUT2D eigenvalue weighted by Crippen LogP contribution is 2.17. The molecule has 7 heteroatoms. The van der Waals surface area contributed by atoms with Gasteiger partial charge >= 0.3 is 0 Å². The number of hydrogen-bond donors (Lipinski definition) is 1. The first-order valence-electron chi connectivity index (χ1n) is 10.0. The van der Waals surface area contributed by atoms with Crippen LogP contribution in [0.25, 0.3) is 0 Å². The predicted octanol–water partition coefficient (Wildman–Crippen LogP) is 3.92. The molecule has 0 unspecified atom stereocenters. The Morgan fingerprint density at radius 1 is 1.07 bits per heavy atom. The van der Waals surface area contributed by atoms with Crippen LogP contribution in [0.4, 0.5) is 8.78 Å². The van der Waals surface area contributed by atoms with Crippen LogP contribution in [-0.2, 0) is 16.1 Å². The first-order valence-corrected chi connectivity index (χ1v) is 10.0. The van der Waals surface area contributed by atoms with Gasteiger partial charge < -0.3 is 15.0 Å². The van der Waals surface area contributed by atoms with Gasteiger partial charge in [-0.25, -0.2) is 8.78 Å². The summed E-state index contributed by atoms with van der Waals surface area (Å²) in [6.45, 7) is 5.93. The lowest BCUT2D eigenvalue weighted by Gasteiger charge is -2.30. The van der Waals surface area contributed by atoms with Crippen molar-refractivity contribution in [1.29, 1.82) is 0 Å². The number of carbonyl (C=O) groups excluding carboxylic acids is 2. The number of carbonyl (C=O) groups is 2. The van der Waals surface area contributed by atoms with Crippen molar-refractivity contribution in [2.75, 3.05) is 13.2 Å². The van der Waals surface area contributed by atoms with E-state index in [2.05, 4.69) is 5.32 Å². The second kappa shape index (κ2) is 11.3. The molecule has 30 heavy (non-hydrogen) atoms. The van der Waals surface area contributed by atoms with E-state index in [1.54, 1.807) is 18.2 Å². The minimum Gasteiger partial charge on any atom is -0.481 e. The van der Waals surface area contributed by atoms with Gasteiger partial charge in [-0.15, -0.1) is 0 Å². The topological polar surface area (TPSA) is 58.6 Å². The molecule has 0 aromatic heterocycles. The van der Waals surface area contributed by atoms with Crippen LogP contribution in [-0.4, -0.2) is 35.9 Å². The number of hydrogen-bond acceptors (Lipinski definition) is 3. The smallest absolute Gasteiger partial charge is 0.261 e. The van der Waals surface area contributed by atoms with E-state index in [1.807, 2.05) is 20.8 Å². The van der Waals surface area contributed by atoms with Crippen LogP contribution in [0.2, 0.25) is 0 Å². The molecular formula is C23H28F2N2O3. The zero-order valence-corrected chi connectivity index (χ0v) is 17.5. The minimum atomic E-state index is -0.731. The lowest BCUT2D eigenvalue weighted by atomic mass is 10.1.